The van der Waals surface area contributed by atoms with Crippen LogP contribution in [0.2, 0.25) is 5.02 Å². The van der Waals surface area contributed by atoms with Crippen LogP contribution in [-0.4, -0.2) is 4.98 Å². The minimum atomic E-state index is 0.255. The molecule has 1 aromatic rings. The first-order valence-electron chi connectivity index (χ1n) is 3.71. The molecule has 0 N–H and O–H groups in total. The quantitative estimate of drug-likeness (QED) is 0.667. The largest absolute Gasteiger partial charge is 0.259 e. The molecule has 1 rings (SSSR count). The fourth-order valence-corrected chi connectivity index (χ4v) is 1.32. The highest BCUT2D eigenvalue weighted by molar-refractivity contribution is 6.32. The first kappa shape index (κ1) is 9.02. The molecule has 0 radical (unpaired) electrons. The Kier molecular flexibility index (Phi) is 2.67. The van der Waals surface area contributed by atoms with Crippen LogP contribution >= 0.6 is 11.6 Å². The smallest absolute Gasteiger partial charge is 0.101 e. The lowest BCUT2D eigenvalue weighted by Crippen LogP contribution is -1.95. The summed E-state index contributed by atoms with van der Waals surface area (Å²) in [4.78, 5) is 4.10. The van der Waals surface area contributed by atoms with Crippen LogP contribution in [0, 0.1) is 11.3 Å². The van der Waals surface area contributed by atoms with Gasteiger partial charge in [-0.05, 0) is 12.0 Å². The molecular formula is C9H9ClN2. The number of pyridine rings is 1. The van der Waals surface area contributed by atoms with Crippen molar-refractivity contribution < 1.29 is 0 Å². The molecule has 0 aliphatic heterocycles. The summed E-state index contributed by atoms with van der Waals surface area (Å²) in [5, 5.41) is 9.14. The first-order chi connectivity index (χ1) is 5.66. The molecule has 0 saturated carbocycles. The Morgan fingerprint density at radius 1 is 1.58 bits per heavy atom. The second-order valence-corrected chi connectivity index (χ2v) is 3.20. The van der Waals surface area contributed by atoms with Gasteiger partial charge in [-0.3, -0.25) is 4.98 Å². The van der Waals surface area contributed by atoms with Crippen molar-refractivity contribution in [2.24, 2.45) is 0 Å². The van der Waals surface area contributed by atoms with Crippen LogP contribution in [0.4, 0.5) is 0 Å². The lowest BCUT2D eigenvalue weighted by atomic mass is 10.1. The number of aromatic nitrogens is 1. The first-order valence-corrected chi connectivity index (χ1v) is 4.09. The van der Waals surface area contributed by atoms with E-state index in [0.717, 1.165) is 5.69 Å². The third-order valence-electron chi connectivity index (χ3n) is 1.58. The molecule has 3 heteroatoms. The van der Waals surface area contributed by atoms with Gasteiger partial charge in [0, 0.05) is 6.20 Å². The molecule has 0 amide bonds. The van der Waals surface area contributed by atoms with Crippen molar-refractivity contribution in [1.29, 1.82) is 5.26 Å². The molecule has 0 saturated heterocycles. The Morgan fingerprint density at radius 2 is 2.25 bits per heavy atom. The van der Waals surface area contributed by atoms with Gasteiger partial charge in [0.2, 0.25) is 0 Å². The van der Waals surface area contributed by atoms with Crippen LogP contribution in [0.5, 0.6) is 0 Å². The zero-order valence-corrected chi connectivity index (χ0v) is 7.76. The van der Waals surface area contributed by atoms with Gasteiger partial charge >= 0.3 is 0 Å². The van der Waals surface area contributed by atoms with Crippen molar-refractivity contribution in [3.8, 4) is 6.07 Å². The number of nitrogens with zero attached hydrogens (tertiary/aromatic N) is 2. The predicted molar refractivity (Wildman–Crippen MR) is 48.1 cm³/mol. The standard InChI is InChI=1S/C9H9ClN2/c1-6(2)9-8(10)7(5-11)3-4-12-9/h3-4,6H,1-2H3. The van der Waals surface area contributed by atoms with Gasteiger partial charge in [-0.25, -0.2) is 0 Å². The Labute approximate surface area is 76.8 Å². The number of nitriles is 1. The normalized spacial score (nSPS) is 9.92. The highest BCUT2D eigenvalue weighted by atomic mass is 35.5. The van der Waals surface area contributed by atoms with E-state index < -0.39 is 0 Å². The van der Waals surface area contributed by atoms with E-state index in [9.17, 15) is 0 Å². The summed E-state index contributed by atoms with van der Waals surface area (Å²) in [6, 6.07) is 3.64. The maximum atomic E-state index is 8.66. The maximum absolute atomic E-state index is 8.66. The molecule has 62 valence electrons. The average molecular weight is 181 g/mol. The van der Waals surface area contributed by atoms with Crippen LogP contribution in [0.25, 0.3) is 0 Å². The Bertz CT molecular complexity index is 326. The second-order valence-electron chi connectivity index (χ2n) is 2.82. The molecular weight excluding hydrogens is 172 g/mol. The summed E-state index contributed by atoms with van der Waals surface area (Å²) >= 11 is 5.92. The van der Waals surface area contributed by atoms with Gasteiger partial charge in [0.05, 0.1) is 16.3 Å². The van der Waals surface area contributed by atoms with E-state index in [-0.39, 0.29) is 5.92 Å². The molecule has 2 nitrogen and oxygen atoms in total. The van der Waals surface area contributed by atoms with Gasteiger partial charge in [-0.2, -0.15) is 5.26 Å². The minimum absolute atomic E-state index is 0.255. The lowest BCUT2D eigenvalue weighted by Gasteiger charge is -2.06. The van der Waals surface area contributed by atoms with Crippen molar-refractivity contribution in [3.63, 3.8) is 0 Å². The van der Waals surface area contributed by atoms with Crippen LogP contribution in [-0.2, 0) is 0 Å². The van der Waals surface area contributed by atoms with Crippen molar-refractivity contribution in [2.45, 2.75) is 19.8 Å². The van der Waals surface area contributed by atoms with Gasteiger partial charge in [0.25, 0.3) is 0 Å². The van der Waals surface area contributed by atoms with E-state index in [2.05, 4.69) is 4.98 Å². The molecule has 0 aromatic carbocycles. The predicted octanol–water partition coefficient (Wildman–Crippen LogP) is 2.73. The molecule has 12 heavy (non-hydrogen) atoms. The highest BCUT2D eigenvalue weighted by Gasteiger charge is 2.09. The summed E-state index contributed by atoms with van der Waals surface area (Å²) in [5.41, 5.74) is 1.28. The Morgan fingerprint density at radius 3 is 2.75 bits per heavy atom. The molecule has 0 atom stereocenters. The topological polar surface area (TPSA) is 36.7 Å². The molecule has 0 unspecified atom stereocenters. The summed E-state index contributed by atoms with van der Waals surface area (Å²) in [6.45, 7) is 3.99. The summed E-state index contributed by atoms with van der Waals surface area (Å²) in [6.07, 6.45) is 1.61. The number of hydrogen-bond donors (Lipinski definition) is 0. The van der Waals surface area contributed by atoms with E-state index in [4.69, 9.17) is 16.9 Å². The van der Waals surface area contributed by atoms with Crippen molar-refractivity contribution in [3.05, 3.63) is 28.5 Å². The third kappa shape index (κ3) is 1.57. The molecule has 0 bridgehead atoms. The summed E-state index contributed by atoms with van der Waals surface area (Å²) in [5.74, 6) is 0.255. The molecule has 1 heterocycles. The average Bonchev–Trinajstić information content (AvgIpc) is 2.04. The molecule has 0 aliphatic carbocycles. The van der Waals surface area contributed by atoms with E-state index in [1.807, 2.05) is 19.9 Å². The molecule has 0 fully saturated rings. The van der Waals surface area contributed by atoms with E-state index in [1.54, 1.807) is 12.3 Å². The Hall–Kier alpha value is -1.07. The SMILES string of the molecule is CC(C)c1nccc(C#N)c1Cl. The zero-order valence-electron chi connectivity index (χ0n) is 7.00. The minimum Gasteiger partial charge on any atom is -0.259 e. The highest BCUT2D eigenvalue weighted by Crippen LogP contribution is 2.24. The fraction of sp³-hybridized carbons (Fsp3) is 0.333. The number of halogens is 1. The maximum Gasteiger partial charge on any atom is 0.101 e. The van der Waals surface area contributed by atoms with Gasteiger partial charge in [0.1, 0.15) is 6.07 Å². The van der Waals surface area contributed by atoms with E-state index in [1.165, 1.54) is 0 Å². The Balaban J connectivity index is 3.25. The van der Waals surface area contributed by atoms with E-state index >= 15 is 0 Å². The fourth-order valence-electron chi connectivity index (χ4n) is 0.949. The van der Waals surface area contributed by atoms with Crippen molar-refractivity contribution in [2.75, 3.05) is 0 Å². The molecule has 0 spiro atoms. The monoisotopic (exact) mass is 180 g/mol. The second kappa shape index (κ2) is 3.55. The zero-order chi connectivity index (χ0) is 9.14. The molecule has 0 aliphatic rings. The summed E-state index contributed by atoms with van der Waals surface area (Å²) in [7, 11) is 0. The van der Waals surface area contributed by atoms with Gasteiger partial charge in [-0.1, -0.05) is 25.4 Å². The number of hydrogen-bond acceptors (Lipinski definition) is 2. The van der Waals surface area contributed by atoms with Crippen molar-refractivity contribution >= 4 is 11.6 Å². The van der Waals surface area contributed by atoms with Crippen LogP contribution in [0.1, 0.15) is 31.0 Å². The van der Waals surface area contributed by atoms with Crippen LogP contribution < -0.4 is 0 Å². The van der Waals surface area contributed by atoms with Crippen LogP contribution in [0.3, 0.4) is 0 Å². The lowest BCUT2D eigenvalue weighted by molar-refractivity contribution is 0.822. The molecule has 1 aromatic heterocycles. The third-order valence-corrected chi connectivity index (χ3v) is 1.98. The number of rotatable bonds is 1. The summed E-state index contributed by atoms with van der Waals surface area (Å²) < 4.78 is 0. The van der Waals surface area contributed by atoms with Gasteiger partial charge in [-0.15, -0.1) is 0 Å². The van der Waals surface area contributed by atoms with Gasteiger partial charge in [0.15, 0.2) is 0 Å². The van der Waals surface area contributed by atoms with Gasteiger partial charge < -0.3 is 0 Å². The van der Waals surface area contributed by atoms with Crippen LogP contribution in [0.15, 0.2) is 12.3 Å². The van der Waals surface area contributed by atoms with Crippen molar-refractivity contribution in [1.82, 2.24) is 4.98 Å². The van der Waals surface area contributed by atoms with E-state index in [0.29, 0.717) is 10.6 Å².